The van der Waals surface area contributed by atoms with E-state index in [4.69, 9.17) is 23.2 Å². The number of hydrogen-bond donors (Lipinski definition) is 2. The normalized spacial score (nSPS) is 10.5. The van der Waals surface area contributed by atoms with E-state index in [1.165, 1.54) is 12.1 Å². The molecular weight excluding hydrogens is 335 g/mol. The first kappa shape index (κ1) is 17.3. The standard InChI is InChI=1S/C17H16Cl2N2O2/c1-10(2)11-6-8-12(9-7-11)20-17(23)21-16(22)15-13(18)4-3-5-14(15)19/h3-10H,1-2H3,(H2,20,21,22,23). The monoisotopic (exact) mass is 350 g/mol. The highest BCUT2D eigenvalue weighted by Gasteiger charge is 2.17. The third-order valence-corrected chi connectivity index (χ3v) is 3.88. The van der Waals surface area contributed by atoms with Gasteiger partial charge in [0.05, 0.1) is 15.6 Å². The zero-order valence-electron chi connectivity index (χ0n) is 12.7. The average Bonchev–Trinajstić information content (AvgIpc) is 2.47. The summed E-state index contributed by atoms with van der Waals surface area (Å²) < 4.78 is 0. The van der Waals surface area contributed by atoms with Gasteiger partial charge in [0.1, 0.15) is 0 Å². The summed E-state index contributed by atoms with van der Waals surface area (Å²) in [5.74, 6) is -0.251. The van der Waals surface area contributed by atoms with Crippen molar-refractivity contribution in [2.45, 2.75) is 19.8 Å². The summed E-state index contributed by atoms with van der Waals surface area (Å²) in [4.78, 5) is 24.0. The maximum atomic E-state index is 12.1. The fraction of sp³-hybridized carbons (Fsp3) is 0.176. The van der Waals surface area contributed by atoms with Crippen molar-refractivity contribution in [3.63, 3.8) is 0 Å². The Kier molecular flexibility index (Phi) is 5.64. The third kappa shape index (κ3) is 4.47. The minimum Gasteiger partial charge on any atom is -0.308 e. The van der Waals surface area contributed by atoms with Crippen LogP contribution in [0.1, 0.15) is 35.7 Å². The molecule has 0 fully saturated rings. The van der Waals surface area contributed by atoms with Crippen LogP contribution in [0.2, 0.25) is 10.0 Å². The minimum atomic E-state index is -0.656. The Morgan fingerprint density at radius 2 is 1.52 bits per heavy atom. The molecule has 0 aromatic heterocycles. The fourth-order valence-corrected chi connectivity index (χ4v) is 2.56. The number of urea groups is 1. The zero-order chi connectivity index (χ0) is 17.0. The number of nitrogens with one attached hydrogen (secondary N) is 2. The topological polar surface area (TPSA) is 58.2 Å². The lowest BCUT2D eigenvalue weighted by atomic mass is 10.0. The largest absolute Gasteiger partial charge is 0.326 e. The zero-order valence-corrected chi connectivity index (χ0v) is 14.2. The maximum absolute atomic E-state index is 12.1. The van der Waals surface area contributed by atoms with Crippen molar-refractivity contribution in [1.29, 1.82) is 0 Å². The summed E-state index contributed by atoms with van der Waals surface area (Å²) in [5.41, 5.74) is 1.82. The smallest absolute Gasteiger partial charge is 0.308 e. The van der Waals surface area contributed by atoms with E-state index in [9.17, 15) is 9.59 Å². The van der Waals surface area contributed by atoms with Gasteiger partial charge in [0.15, 0.2) is 0 Å². The summed E-state index contributed by atoms with van der Waals surface area (Å²) in [5, 5.41) is 5.17. The lowest BCUT2D eigenvalue weighted by Gasteiger charge is -2.10. The van der Waals surface area contributed by atoms with Crippen molar-refractivity contribution < 1.29 is 9.59 Å². The summed E-state index contributed by atoms with van der Waals surface area (Å²) in [6.45, 7) is 4.17. The van der Waals surface area contributed by atoms with Crippen LogP contribution in [0, 0.1) is 0 Å². The first-order valence-corrected chi connectivity index (χ1v) is 7.80. The second kappa shape index (κ2) is 7.49. The van der Waals surface area contributed by atoms with E-state index < -0.39 is 11.9 Å². The van der Waals surface area contributed by atoms with Crippen molar-refractivity contribution in [2.24, 2.45) is 0 Å². The Balaban J connectivity index is 2.03. The molecule has 4 nitrogen and oxygen atoms in total. The molecule has 2 N–H and O–H groups in total. The van der Waals surface area contributed by atoms with Gasteiger partial charge in [-0.2, -0.15) is 0 Å². The van der Waals surface area contributed by atoms with Gasteiger partial charge in [-0.05, 0) is 35.7 Å². The molecule has 0 unspecified atom stereocenters. The number of amides is 3. The molecule has 0 aliphatic carbocycles. The molecule has 0 atom stereocenters. The molecule has 2 aromatic rings. The highest BCUT2D eigenvalue weighted by atomic mass is 35.5. The van der Waals surface area contributed by atoms with Gasteiger partial charge in [0, 0.05) is 5.69 Å². The Morgan fingerprint density at radius 1 is 0.957 bits per heavy atom. The third-order valence-electron chi connectivity index (χ3n) is 3.25. The lowest BCUT2D eigenvalue weighted by Crippen LogP contribution is -2.34. The van der Waals surface area contributed by atoms with Crippen LogP contribution in [0.5, 0.6) is 0 Å². The van der Waals surface area contributed by atoms with Gasteiger partial charge in [0.2, 0.25) is 0 Å². The predicted octanol–water partition coefficient (Wildman–Crippen LogP) is 5.08. The molecule has 0 radical (unpaired) electrons. The average molecular weight is 351 g/mol. The van der Waals surface area contributed by atoms with Gasteiger partial charge in [-0.15, -0.1) is 0 Å². The molecule has 0 bridgehead atoms. The van der Waals surface area contributed by atoms with E-state index in [-0.39, 0.29) is 15.6 Å². The number of halogens is 2. The highest BCUT2D eigenvalue weighted by Crippen LogP contribution is 2.24. The van der Waals surface area contributed by atoms with Crippen LogP contribution in [0.15, 0.2) is 42.5 Å². The number of carbonyl (C=O) groups is 2. The van der Waals surface area contributed by atoms with E-state index in [1.54, 1.807) is 18.2 Å². The molecule has 0 spiro atoms. The first-order valence-electron chi connectivity index (χ1n) is 7.04. The van der Waals surface area contributed by atoms with Crippen molar-refractivity contribution in [3.8, 4) is 0 Å². The molecule has 23 heavy (non-hydrogen) atoms. The first-order chi connectivity index (χ1) is 10.9. The summed E-state index contributed by atoms with van der Waals surface area (Å²) in [7, 11) is 0. The van der Waals surface area contributed by atoms with E-state index in [1.807, 2.05) is 12.1 Å². The van der Waals surface area contributed by atoms with Crippen molar-refractivity contribution in [2.75, 3.05) is 5.32 Å². The minimum absolute atomic E-state index is 0.0705. The van der Waals surface area contributed by atoms with Gasteiger partial charge in [-0.25, -0.2) is 4.79 Å². The summed E-state index contributed by atoms with van der Waals surface area (Å²) in [6, 6.07) is 11.4. The van der Waals surface area contributed by atoms with Crippen LogP contribution in [-0.4, -0.2) is 11.9 Å². The van der Waals surface area contributed by atoms with E-state index in [0.717, 1.165) is 5.56 Å². The van der Waals surface area contributed by atoms with Crippen LogP contribution in [-0.2, 0) is 0 Å². The molecule has 6 heteroatoms. The molecule has 0 heterocycles. The molecule has 2 aromatic carbocycles. The van der Waals surface area contributed by atoms with Gasteiger partial charge in [-0.3, -0.25) is 10.1 Å². The van der Waals surface area contributed by atoms with Crippen LogP contribution in [0.25, 0.3) is 0 Å². The maximum Gasteiger partial charge on any atom is 0.326 e. The quantitative estimate of drug-likeness (QED) is 0.810. The van der Waals surface area contributed by atoms with Gasteiger partial charge >= 0.3 is 6.03 Å². The number of imide groups is 1. The molecule has 0 aliphatic heterocycles. The van der Waals surface area contributed by atoms with Crippen LogP contribution in [0.4, 0.5) is 10.5 Å². The highest BCUT2D eigenvalue weighted by molar-refractivity contribution is 6.40. The Hall–Kier alpha value is -2.04. The van der Waals surface area contributed by atoms with Gasteiger partial charge in [-0.1, -0.05) is 55.2 Å². The summed E-state index contributed by atoms with van der Waals surface area (Å²) in [6.07, 6.45) is 0. The number of benzene rings is 2. The van der Waals surface area contributed by atoms with Crippen LogP contribution >= 0.6 is 23.2 Å². The van der Waals surface area contributed by atoms with E-state index in [2.05, 4.69) is 24.5 Å². The molecular formula is C17H16Cl2N2O2. The number of anilines is 1. The van der Waals surface area contributed by atoms with Crippen LogP contribution in [0.3, 0.4) is 0 Å². The Labute approximate surface area is 144 Å². The van der Waals surface area contributed by atoms with Crippen molar-refractivity contribution >= 4 is 40.8 Å². The molecule has 0 saturated carbocycles. The Morgan fingerprint density at radius 3 is 2.04 bits per heavy atom. The summed E-state index contributed by atoms with van der Waals surface area (Å²) >= 11 is 11.9. The number of carbonyl (C=O) groups excluding carboxylic acids is 2. The lowest BCUT2D eigenvalue weighted by molar-refractivity contribution is 0.0967. The fourth-order valence-electron chi connectivity index (χ4n) is 1.99. The SMILES string of the molecule is CC(C)c1ccc(NC(=O)NC(=O)c2c(Cl)cccc2Cl)cc1. The molecule has 120 valence electrons. The van der Waals surface area contributed by atoms with Crippen molar-refractivity contribution in [1.82, 2.24) is 5.32 Å². The second-order valence-electron chi connectivity index (χ2n) is 5.28. The molecule has 0 saturated heterocycles. The van der Waals surface area contributed by atoms with E-state index >= 15 is 0 Å². The van der Waals surface area contributed by atoms with Gasteiger partial charge < -0.3 is 5.32 Å². The predicted molar refractivity (Wildman–Crippen MR) is 93.5 cm³/mol. The number of hydrogen-bond acceptors (Lipinski definition) is 2. The molecule has 0 aliphatic rings. The number of rotatable bonds is 3. The van der Waals surface area contributed by atoms with Crippen molar-refractivity contribution in [3.05, 3.63) is 63.6 Å². The Bertz CT molecular complexity index is 708. The van der Waals surface area contributed by atoms with E-state index in [0.29, 0.717) is 11.6 Å². The molecule has 3 amide bonds. The van der Waals surface area contributed by atoms with Crippen LogP contribution < -0.4 is 10.6 Å². The molecule has 2 rings (SSSR count). The second-order valence-corrected chi connectivity index (χ2v) is 6.10. The van der Waals surface area contributed by atoms with Gasteiger partial charge in [0.25, 0.3) is 5.91 Å².